The van der Waals surface area contributed by atoms with E-state index in [0.29, 0.717) is 38.5 Å². The van der Waals surface area contributed by atoms with Gasteiger partial charge in [-0.2, -0.15) is 5.10 Å². The van der Waals surface area contributed by atoms with Crippen molar-refractivity contribution in [2.75, 3.05) is 5.75 Å². The molecule has 0 unspecified atom stereocenters. The molecule has 0 radical (unpaired) electrons. The van der Waals surface area contributed by atoms with E-state index in [1.807, 2.05) is 30.3 Å². The normalized spacial score (nSPS) is 16.1. The first kappa shape index (κ1) is 20.2. The van der Waals surface area contributed by atoms with Crippen molar-refractivity contribution in [2.45, 2.75) is 17.7 Å². The van der Waals surface area contributed by atoms with Gasteiger partial charge in [-0.15, -0.1) is 0 Å². The van der Waals surface area contributed by atoms with Gasteiger partial charge in [-0.25, -0.2) is 9.99 Å². The van der Waals surface area contributed by atoms with Crippen molar-refractivity contribution in [3.8, 4) is 0 Å². The standard InChI is InChI=1S/C22H15Cl2N3O3S/c23-14-5-3-13(4-6-14)18-11-17(19-2-1-9-29-19)26-27(18)21(28)12-31-22-25-16-10-15(24)7-8-20(16)30-22/h1-10,18H,11-12H2/t18-/m0/s1. The molecule has 9 heteroatoms. The monoisotopic (exact) mass is 471 g/mol. The highest BCUT2D eigenvalue weighted by atomic mass is 35.5. The highest BCUT2D eigenvalue weighted by Gasteiger charge is 2.34. The number of fused-ring (bicyclic) bond motifs is 1. The predicted octanol–water partition coefficient (Wildman–Crippen LogP) is 6.20. The third-order valence-electron chi connectivity index (χ3n) is 4.88. The molecule has 0 saturated heterocycles. The molecule has 1 atom stereocenters. The van der Waals surface area contributed by atoms with Crippen molar-refractivity contribution >= 4 is 57.7 Å². The molecule has 0 N–H and O–H groups in total. The Morgan fingerprint density at radius 1 is 1.13 bits per heavy atom. The van der Waals surface area contributed by atoms with E-state index >= 15 is 0 Å². The van der Waals surface area contributed by atoms with E-state index in [1.165, 1.54) is 16.8 Å². The number of hydrogen-bond acceptors (Lipinski definition) is 6. The lowest BCUT2D eigenvalue weighted by atomic mass is 10.0. The number of carbonyl (C=O) groups excluding carboxylic acids is 1. The maximum Gasteiger partial charge on any atom is 0.257 e. The van der Waals surface area contributed by atoms with Gasteiger partial charge in [-0.3, -0.25) is 4.79 Å². The number of carbonyl (C=O) groups is 1. The summed E-state index contributed by atoms with van der Waals surface area (Å²) in [5.74, 6) is 0.615. The lowest BCUT2D eigenvalue weighted by Crippen LogP contribution is -2.28. The number of furan rings is 1. The zero-order valence-electron chi connectivity index (χ0n) is 16.0. The molecule has 2 aromatic carbocycles. The zero-order valence-corrected chi connectivity index (χ0v) is 18.3. The van der Waals surface area contributed by atoms with E-state index in [0.717, 1.165) is 11.3 Å². The van der Waals surface area contributed by atoms with Gasteiger partial charge in [0.2, 0.25) is 0 Å². The first-order valence-corrected chi connectivity index (χ1v) is 11.2. The van der Waals surface area contributed by atoms with Crippen LogP contribution < -0.4 is 0 Å². The first-order valence-electron chi connectivity index (χ1n) is 9.44. The van der Waals surface area contributed by atoms with E-state index in [-0.39, 0.29) is 17.7 Å². The molecule has 4 aromatic rings. The summed E-state index contributed by atoms with van der Waals surface area (Å²) in [6, 6.07) is 16.0. The number of amides is 1. The van der Waals surface area contributed by atoms with Crippen LogP contribution in [0.1, 0.15) is 23.8 Å². The summed E-state index contributed by atoms with van der Waals surface area (Å²) in [7, 11) is 0. The van der Waals surface area contributed by atoms with Crippen LogP contribution in [0, 0.1) is 0 Å². The number of benzene rings is 2. The van der Waals surface area contributed by atoms with Crippen LogP contribution in [0.3, 0.4) is 0 Å². The summed E-state index contributed by atoms with van der Waals surface area (Å²) in [6.45, 7) is 0. The summed E-state index contributed by atoms with van der Waals surface area (Å²) in [6.07, 6.45) is 2.14. The molecule has 31 heavy (non-hydrogen) atoms. The SMILES string of the molecule is O=C(CSc1nc2cc(Cl)ccc2o1)N1N=C(c2ccco2)C[C@H]1c1ccc(Cl)cc1. The fourth-order valence-corrected chi connectivity index (χ4v) is 4.39. The van der Waals surface area contributed by atoms with E-state index in [2.05, 4.69) is 10.1 Å². The summed E-state index contributed by atoms with van der Waals surface area (Å²) in [5, 5.41) is 7.70. The Morgan fingerprint density at radius 2 is 1.94 bits per heavy atom. The van der Waals surface area contributed by atoms with Gasteiger partial charge in [-0.1, -0.05) is 47.1 Å². The van der Waals surface area contributed by atoms with Gasteiger partial charge in [0.1, 0.15) is 17.0 Å². The Bertz CT molecular complexity index is 1270. The largest absolute Gasteiger partial charge is 0.463 e. The van der Waals surface area contributed by atoms with Crippen LogP contribution in [0.15, 0.2) is 80.0 Å². The smallest absolute Gasteiger partial charge is 0.257 e. The van der Waals surface area contributed by atoms with E-state index in [9.17, 15) is 4.79 Å². The van der Waals surface area contributed by atoms with Crippen molar-refractivity contribution in [1.82, 2.24) is 9.99 Å². The predicted molar refractivity (Wildman–Crippen MR) is 121 cm³/mol. The van der Waals surface area contributed by atoms with Gasteiger partial charge in [0.15, 0.2) is 5.58 Å². The molecule has 0 fully saturated rings. The molecule has 0 aliphatic carbocycles. The molecule has 1 aliphatic rings. The van der Waals surface area contributed by atoms with Crippen LogP contribution in [0.25, 0.3) is 11.1 Å². The van der Waals surface area contributed by atoms with Crippen LogP contribution in [0.5, 0.6) is 0 Å². The third kappa shape index (κ3) is 4.21. The number of oxazole rings is 1. The average molecular weight is 472 g/mol. The van der Waals surface area contributed by atoms with Gasteiger partial charge in [0, 0.05) is 16.5 Å². The van der Waals surface area contributed by atoms with Crippen LogP contribution in [-0.4, -0.2) is 27.4 Å². The molecule has 0 saturated carbocycles. The Labute approximate surface area is 191 Å². The lowest BCUT2D eigenvalue weighted by Gasteiger charge is -2.21. The molecule has 0 spiro atoms. The molecule has 1 aliphatic heterocycles. The minimum absolute atomic E-state index is 0.125. The molecule has 156 valence electrons. The molecule has 1 amide bonds. The third-order valence-corrected chi connectivity index (χ3v) is 6.18. The number of thioether (sulfide) groups is 1. The number of hydrazone groups is 1. The van der Waals surface area contributed by atoms with Gasteiger partial charge in [0.05, 0.1) is 18.1 Å². The highest BCUT2D eigenvalue weighted by Crippen LogP contribution is 2.34. The van der Waals surface area contributed by atoms with Crippen LogP contribution >= 0.6 is 35.0 Å². The summed E-state index contributed by atoms with van der Waals surface area (Å²) < 4.78 is 11.2. The number of halogens is 2. The zero-order chi connectivity index (χ0) is 21.4. The Kier molecular flexibility index (Phi) is 5.48. The number of rotatable bonds is 5. The Balaban J connectivity index is 1.37. The van der Waals surface area contributed by atoms with Gasteiger partial charge < -0.3 is 8.83 Å². The minimum atomic E-state index is -0.243. The molecule has 6 nitrogen and oxygen atoms in total. The van der Waals surface area contributed by atoms with Crippen molar-refractivity contribution in [2.24, 2.45) is 5.10 Å². The second-order valence-electron chi connectivity index (χ2n) is 6.91. The molecule has 5 rings (SSSR count). The quantitative estimate of drug-likeness (QED) is 0.324. The van der Waals surface area contributed by atoms with Crippen molar-refractivity contribution in [1.29, 1.82) is 0 Å². The number of hydrogen-bond donors (Lipinski definition) is 0. The van der Waals surface area contributed by atoms with Crippen molar-refractivity contribution in [3.05, 3.63) is 82.2 Å². The van der Waals surface area contributed by atoms with Crippen LogP contribution in [-0.2, 0) is 4.79 Å². The van der Waals surface area contributed by atoms with Crippen molar-refractivity contribution in [3.63, 3.8) is 0 Å². The van der Waals surface area contributed by atoms with Crippen molar-refractivity contribution < 1.29 is 13.6 Å². The second kappa shape index (κ2) is 8.42. The minimum Gasteiger partial charge on any atom is -0.463 e. The van der Waals surface area contributed by atoms with Crippen LogP contribution in [0.2, 0.25) is 10.0 Å². The highest BCUT2D eigenvalue weighted by molar-refractivity contribution is 7.99. The maximum absolute atomic E-state index is 13.1. The fourth-order valence-electron chi connectivity index (χ4n) is 3.41. The number of aromatic nitrogens is 1. The van der Waals surface area contributed by atoms with Gasteiger partial charge >= 0.3 is 0 Å². The fraction of sp³-hybridized carbons (Fsp3) is 0.136. The average Bonchev–Trinajstić information content (AvgIpc) is 3.51. The Hall–Kier alpha value is -2.74. The molecular formula is C22H15Cl2N3O3S. The number of nitrogens with zero attached hydrogens (tertiary/aromatic N) is 3. The molecule has 2 aromatic heterocycles. The molecular weight excluding hydrogens is 457 g/mol. The summed E-state index contributed by atoms with van der Waals surface area (Å²) in [5.41, 5.74) is 2.95. The topological polar surface area (TPSA) is 71.8 Å². The van der Waals surface area contributed by atoms with E-state index in [1.54, 1.807) is 30.5 Å². The second-order valence-corrected chi connectivity index (χ2v) is 8.71. The molecule has 3 heterocycles. The van der Waals surface area contributed by atoms with E-state index < -0.39 is 0 Å². The summed E-state index contributed by atoms with van der Waals surface area (Å²) >= 11 is 13.3. The van der Waals surface area contributed by atoms with Gasteiger partial charge in [-0.05, 0) is 48.0 Å². The maximum atomic E-state index is 13.1. The van der Waals surface area contributed by atoms with E-state index in [4.69, 9.17) is 32.0 Å². The first-order chi connectivity index (χ1) is 15.1. The molecule has 0 bridgehead atoms. The Morgan fingerprint density at radius 3 is 2.71 bits per heavy atom. The lowest BCUT2D eigenvalue weighted by molar-refractivity contribution is -0.130. The van der Waals surface area contributed by atoms with Crippen LogP contribution in [0.4, 0.5) is 0 Å². The van der Waals surface area contributed by atoms with Gasteiger partial charge in [0.25, 0.3) is 11.1 Å². The summed E-state index contributed by atoms with van der Waals surface area (Å²) in [4.78, 5) is 17.5.